The predicted molar refractivity (Wildman–Crippen MR) is 123 cm³/mol. The molecule has 1 aromatic heterocycles. The van der Waals surface area contributed by atoms with E-state index in [0.29, 0.717) is 16.1 Å². The molecule has 2 saturated heterocycles. The standard InChI is InChI=1S/C22H28ClN5OS/c1-2-26-10-12-28(13-11-26)21(29)18-7-5-6-17(14-18)16-30-22-24-19(23)15-20(25-22)27-8-3-4-9-27/h5-7,14-15H,2-4,8-13,16H2,1H3. The van der Waals surface area contributed by atoms with Crippen molar-refractivity contribution < 1.29 is 4.79 Å². The van der Waals surface area contributed by atoms with Gasteiger partial charge in [-0.05, 0) is 37.1 Å². The van der Waals surface area contributed by atoms with E-state index in [1.165, 1.54) is 12.8 Å². The van der Waals surface area contributed by atoms with E-state index in [1.807, 2.05) is 35.2 Å². The third-order valence-electron chi connectivity index (χ3n) is 5.74. The van der Waals surface area contributed by atoms with E-state index < -0.39 is 0 Å². The van der Waals surface area contributed by atoms with E-state index in [-0.39, 0.29) is 5.91 Å². The number of hydrogen-bond donors (Lipinski definition) is 0. The van der Waals surface area contributed by atoms with Gasteiger partial charge in [0.05, 0.1) is 0 Å². The van der Waals surface area contributed by atoms with Crippen LogP contribution >= 0.6 is 23.4 Å². The molecule has 1 aromatic carbocycles. The summed E-state index contributed by atoms with van der Waals surface area (Å²) < 4.78 is 0. The molecule has 4 rings (SSSR count). The second-order valence-electron chi connectivity index (χ2n) is 7.74. The Morgan fingerprint density at radius 3 is 2.57 bits per heavy atom. The van der Waals surface area contributed by atoms with Gasteiger partial charge in [-0.1, -0.05) is 42.4 Å². The summed E-state index contributed by atoms with van der Waals surface area (Å²) in [5, 5.41) is 1.15. The van der Waals surface area contributed by atoms with Gasteiger partial charge in [-0.2, -0.15) is 0 Å². The number of halogens is 1. The highest BCUT2D eigenvalue weighted by Gasteiger charge is 2.21. The fourth-order valence-corrected chi connectivity index (χ4v) is 4.97. The molecule has 6 nitrogen and oxygen atoms in total. The van der Waals surface area contributed by atoms with Crippen molar-refractivity contribution in [3.8, 4) is 0 Å². The van der Waals surface area contributed by atoms with Gasteiger partial charge in [0.25, 0.3) is 5.91 Å². The monoisotopic (exact) mass is 445 g/mol. The summed E-state index contributed by atoms with van der Waals surface area (Å²) in [7, 11) is 0. The predicted octanol–water partition coefficient (Wildman–Crippen LogP) is 3.80. The highest BCUT2D eigenvalue weighted by Crippen LogP contribution is 2.26. The molecular weight excluding hydrogens is 418 g/mol. The van der Waals surface area contributed by atoms with Gasteiger partial charge in [0.2, 0.25) is 0 Å². The van der Waals surface area contributed by atoms with E-state index in [4.69, 9.17) is 16.6 Å². The van der Waals surface area contributed by atoms with Gasteiger partial charge in [-0.15, -0.1) is 0 Å². The summed E-state index contributed by atoms with van der Waals surface area (Å²) in [6.45, 7) is 8.73. The Balaban J connectivity index is 1.39. The number of carbonyl (C=O) groups excluding carboxylic acids is 1. The maximum Gasteiger partial charge on any atom is 0.253 e. The number of anilines is 1. The number of rotatable bonds is 6. The van der Waals surface area contributed by atoms with Crippen molar-refractivity contribution in [2.45, 2.75) is 30.7 Å². The Labute approximate surface area is 187 Å². The maximum atomic E-state index is 12.9. The number of thioether (sulfide) groups is 1. The van der Waals surface area contributed by atoms with Crippen molar-refractivity contribution in [2.24, 2.45) is 0 Å². The topological polar surface area (TPSA) is 52.6 Å². The molecule has 3 heterocycles. The number of amides is 1. The van der Waals surface area contributed by atoms with Crippen LogP contribution in [0.15, 0.2) is 35.5 Å². The first-order valence-electron chi connectivity index (χ1n) is 10.7. The van der Waals surface area contributed by atoms with Gasteiger partial charge in [-0.3, -0.25) is 4.79 Å². The van der Waals surface area contributed by atoms with Gasteiger partial charge in [0.1, 0.15) is 11.0 Å². The number of benzene rings is 1. The normalized spacial score (nSPS) is 17.5. The molecule has 160 valence electrons. The third-order valence-corrected chi connectivity index (χ3v) is 6.85. The van der Waals surface area contributed by atoms with Crippen LogP contribution in [0.5, 0.6) is 0 Å². The molecule has 30 heavy (non-hydrogen) atoms. The quantitative estimate of drug-likeness (QED) is 0.383. The SMILES string of the molecule is CCN1CCN(C(=O)c2cccc(CSc3nc(Cl)cc(N4CCCC4)n3)c2)CC1. The molecule has 0 spiro atoms. The zero-order chi connectivity index (χ0) is 20.9. The molecule has 0 unspecified atom stereocenters. The summed E-state index contributed by atoms with van der Waals surface area (Å²) in [5.74, 6) is 1.72. The molecule has 0 saturated carbocycles. The molecule has 0 N–H and O–H groups in total. The number of nitrogens with zero attached hydrogens (tertiary/aromatic N) is 5. The van der Waals surface area contributed by atoms with Crippen LogP contribution < -0.4 is 4.90 Å². The lowest BCUT2D eigenvalue weighted by Gasteiger charge is -2.34. The Kier molecular flexibility index (Phi) is 7.12. The number of carbonyl (C=O) groups is 1. The summed E-state index contributed by atoms with van der Waals surface area (Å²) in [5.41, 5.74) is 1.84. The largest absolute Gasteiger partial charge is 0.356 e. The average molecular weight is 446 g/mol. The third kappa shape index (κ3) is 5.25. The zero-order valence-electron chi connectivity index (χ0n) is 17.4. The lowest BCUT2D eigenvalue weighted by molar-refractivity contribution is 0.0643. The minimum absolute atomic E-state index is 0.118. The van der Waals surface area contributed by atoms with E-state index in [1.54, 1.807) is 11.8 Å². The molecular formula is C22H28ClN5OS. The first-order chi connectivity index (χ1) is 14.6. The van der Waals surface area contributed by atoms with Crippen LogP contribution in [0.3, 0.4) is 0 Å². The molecule has 2 aromatic rings. The lowest BCUT2D eigenvalue weighted by atomic mass is 10.1. The van der Waals surface area contributed by atoms with Gasteiger partial charge in [0.15, 0.2) is 5.16 Å². The van der Waals surface area contributed by atoms with Crippen LogP contribution in [-0.4, -0.2) is 71.5 Å². The van der Waals surface area contributed by atoms with Gasteiger partial charge < -0.3 is 14.7 Å². The number of hydrogen-bond acceptors (Lipinski definition) is 6. The van der Waals surface area contributed by atoms with Crippen molar-refractivity contribution in [1.82, 2.24) is 19.8 Å². The average Bonchev–Trinajstić information content (AvgIpc) is 3.32. The Hall–Kier alpha value is -1.83. The zero-order valence-corrected chi connectivity index (χ0v) is 19.0. The number of piperazine rings is 1. The van der Waals surface area contributed by atoms with Crippen molar-refractivity contribution in [1.29, 1.82) is 0 Å². The van der Waals surface area contributed by atoms with Crippen LogP contribution in [0.1, 0.15) is 35.7 Å². The van der Waals surface area contributed by atoms with Crippen molar-refractivity contribution in [2.75, 3.05) is 50.7 Å². The van der Waals surface area contributed by atoms with Gasteiger partial charge >= 0.3 is 0 Å². The van der Waals surface area contributed by atoms with Gasteiger partial charge in [0, 0.05) is 56.7 Å². The first-order valence-corrected chi connectivity index (χ1v) is 12.0. The van der Waals surface area contributed by atoms with E-state index in [2.05, 4.69) is 21.7 Å². The van der Waals surface area contributed by atoms with Crippen LogP contribution in [0.4, 0.5) is 5.82 Å². The summed E-state index contributed by atoms with van der Waals surface area (Å²) in [4.78, 5) is 28.6. The lowest BCUT2D eigenvalue weighted by Crippen LogP contribution is -2.48. The molecule has 0 bridgehead atoms. The minimum Gasteiger partial charge on any atom is -0.356 e. The Morgan fingerprint density at radius 1 is 1.07 bits per heavy atom. The van der Waals surface area contributed by atoms with Crippen molar-refractivity contribution >= 4 is 35.1 Å². The van der Waals surface area contributed by atoms with Crippen LogP contribution in [-0.2, 0) is 5.75 Å². The fraction of sp³-hybridized carbons (Fsp3) is 0.500. The van der Waals surface area contributed by atoms with Crippen LogP contribution in [0.2, 0.25) is 5.15 Å². The molecule has 2 aliphatic heterocycles. The second kappa shape index (κ2) is 9.98. The molecule has 0 atom stereocenters. The smallest absolute Gasteiger partial charge is 0.253 e. The number of aromatic nitrogens is 2. The van der Waals surface area contributed by atoms with Crippen molar-refractivity contribution in [3.05, 3.63) is 46.6 Å². The van der Waals surface area contributed by atoms with Crippen LogP contribution in [0.25, 0.3) is 0 Å². The summed E-state index contributed by atoms with van der Waals surface area (Å²) in [6.07, 6.45) is 2.39. The minimum atomic E-state index is 0.118. The Bertz CT molecular complexity index is 882. The first kappa shape index (κ1) is 21.4. The highest BCUT2D eigenvalue weighted by molar-refractivity contribution is 7.98. The van der Waals surface area contributed by atoms with Crippen LogP contribution in [0, 0.1) is 0 Å². The van der Waals surface area contributed by atoms with Crippen molar-refractivity contribution in [3.63, 3.8) is 0 Å². The summed E-state index contributed by atoms with van der Waals surface area (Å²) >= 11 is 7.79. The molecule has 2 aliphatic rings. The van der Waals surface area contributed by atoms with E-state index in [0.717, 1.165) is 62.8 Å². The van der Waals surface area contributed by atoms with E-state index in [9.17, 15) is 4.79 Å². The molecule has 8 heteroatoms. The van der Waals surface area contributed by atoms with Gasteiger partial charge in [-0.25, -0.2) is 9.97 Å². The fourth-order valence-electron chi connectivity index (χ4n) is 3.95. The Morgan fingerprint density at radius 2 is 1.83 bits per heavy atom. The highest BCUT2D eigenvalue weighted by atomic mass is 35.5. The molecule has 1 amide bonds. The molecule has 0 radical (unpaired) electrons. The number of likely N-dealkylation sites (N-methyl/N-ethyl adjacent to an activating group) is 1. The van der Waals surface area contributed by atoms with E-state index >= 15 is 0 Å². The molecule has 0 aliphatic carbocycles. The maximum absolute atomic E-state index is 12.9. The summed E-state index contributed by atoms with van der Waals surface area (Å²) in [6, 6.07) is 9.75. The second-order valence-corrected chi connectivity index (χ2v) is 9.07. The molecule has 2 fully saturated rings.